The number of nitrogens with zero attached hydrogens (tertiary/aromatic N) is 1. The molecular weight excluding hydrogens is 337 g/mol. The number of aryl methyl sites for hydroxylation is 1. The number of thioether (sulfide) groups is 1. The van der Waals surface area contributed by atoms with Crippen LogP contribution in [0.4, 0.5) is 0 Å². The number of carbonyl (C=O) groups is 1. The third-order valence-corrected chi connectivity index (χ3v) is 5.48. The highest BCUT2D eigenvalue weighted by atomic mass is 35.5. The summed E-state index contributed by atoms with van der Waals surface area (Å²) in [6, 6.07) is 13.3. The first-order chi connectivity index (χ1) is 10.6. The smallest absolute Gasteiger partial charge is 0.256 e. The van der Waals surface area contributed by atoms with E-state index in [0.29, 0.717) is 15.6 Å². The third kappa shape index (κ3) is 3.12. The molecule has 0 aromatic heterocycles. The normalized spacial score (nSPS) is 17.8. The van der Waals surface area contributed by atoms with Crippen LogP contribution < -0.4 is 0 Å². The SMILES string of the molecule is Cc1ccc(C2SCCN2C(=O)c2ccc(Cl)cc2Cl)cc1. The van der Waals surface area contributed by atoms with Crippen molar-refractivity contribution in [2.45, 2.75) is 12.3 Å². The van der Waals surface area contributed by atoms with E-state index in [2.05, 4.69) is 31.2 Å². The molecule has 0 aliphatic carbocycles. The Labute approximate surface area is 144 Å². The molecule has 1 aliphatic heterocycles. The number of hydrogen-bond donors (Lipinski definition) is 0. The van der Waals surface area contributed by atoms with E-state index in [1.807, 2.05) is 4.90 Å². The summed E-state index contributed by atoms with van der Waals surface area (Å²) in [5, 5.41) is 0.976. The van der Waals surface area contributed by atoms with Crippen molar-refractivity contribution in [3.05, 3.63) is 69.2 Å². The van der Waals surface area contributed by atoms with E-state index in [1.54, 1.807) is 30.0 Å². The van der Waals surface area contributed by atoms with Crippen LogP contribution in [0.25, 0.3) is 0 Å². The highest BCUT2D eigenvalue weighted by molar-refractivity contribution is 7.99. The number of halogens is 2. The van der Waals surface area contributed by atoms with Gasteiger partial charge >= 0.3 is 0 Å². The Balaban J connectivity index is 1.89. The fourth-order valence-electron chi connectivity index (χ4n) is 2.50. The molecule has 0 radical (unpaired) electrons. The van der Waals surface area contributed by atoms with Gasteiger partial charge < -0.3 is 4.90 Å². The average molecular weight is 352 g/mol. The Morgan fingerprint density at radius 1 is 1.18 bits per heavy atom. The Bertz CT molecular complexity index is 702. The maximum atomic E-state index is 12.8. The summed E-state index contributed by atoms with van der Waals surface area (Å²) < 4.78 is 0. The van der Waals surface area contributed by atoms with Gasteiger partial charge in [-0.2, -0.15) is 0 Å². The number of carbonyl (C=O) groups excluding carboxylic acids is 1. The van der Waals surface area contributed by atoms with Crippen LogP contribution in [0.2, 0.25) is 10.0 Å². The van der Waals surface area contributed by atoms with Crippen molar-refractivity contribution < 1.29 is 4.79 Å². The van der Waals surface area contributed by atoms with Crippen LogP contribution in [-0.4, -0.2) is 23.1 Å². The topological polar surface area (TPSA) is 20.3 Å². The Morgan fingerprint density at radius 2 is 1.91 bits per heavy atom. The molecule has 2 aromatic carbocycles. The summed E-state index contributed by atoms with van der Waals surface area (Å²) in [5.41, 5.74) is 2.86. The van der Waals surface area contributed by atoms with E-state index in [-0.39, 0.29) is 11.3 Å². The van der Waals surface area contributed by atoms with Crippen LogP contribution in [0.3, 0.4) is 0 Å². The lowest BCUT2D eigenvalue weighted by Gasteiger charge is -2.24. The second-order valence-corrected chi connectivity index (χ2v) is 7.29. The van der Waals surface area contributed by atoms with Crippen molar-refractivity contribution in [3.8, 4) is 0 Å². The Kier molecular flexibility index (Phi) is 4.67. The summed E-state index contributed by atoms with van der Waals surface area (Å²) in [4.78, 5) is 14.7. The number of benzene rings is 2. The van der Waals surface area contributed by atoms with Gasteiger partial charge in [-0.25, -0.2) is 0 Å². The van der Waals surface area contributed by atoms with Crippen molar-refractivity contribution in [1.29, 1.82) is 0 Å². The van der Waals surface area contributed by atoms with E-state index >= 15 is 0 Å². The molecule has 0 bridgehead atoms. The molecule has 0 N–H and O–H groups in total. The van der Waals surface area contributed by atoms with Crippen molar-refractivity contribution in [1.82, 2.24) is 4.90 Å². The molecule has 2 nitrogen and oxygen atoms in total. The van der Waals surface area contributed by atoms with Crippen LogP contribution >= 0.6 is 35.0 Å². The summed E-state index contributed by atoms with van der Waals surface area (Å²) in [6.07, 6.45) is 0. The highest BCUT2D eigenvalue weighted by Gasteiger charge is 2.32. The summed E-state index contributed by atoms with van der Waals surface area (Å²) in [7, 11) is 0. The van der Waals surface area contributed by atoms with Crippen molar-refractivity contribution in [2.24, 2.45) is 0 Å². The first kappa shape index (κ1) is 15.7. The van der Waals surface area contributed by atoms with Crippen LogP contribution in [0.15, 0.2) is 42.5 Å². The predicted octanol–water partition coefficient (Wildman–Crippen LogP) is 5.19. The van der Waals surface area contributed by atoms with E-state index in [0.717, 1.165) is 17.9 Å². The molecule has 114 valence electrons. The molecule has 0 spiro atoms. The monoisotopic (exact) mass is 351 g/mol. The molecule has 1 aliphatic rings. The van der Waals surface area contributed by atoms with Gasteiger partial charge in [-0.15, -0.1) is 11.8 Å². The predicted molar refractivity (Wildman–Crippen MR) is 93.9 cm³/mol. The van der Waals surface area contributed by atoms with Gasteiger partial charge in [0.1, 0.15) is 5.37 Å². The van der Waals surface area contributed by atoms with Crippen molar-refractivity contribution >= 4 is 40.9 Å². The molecule has 2 aromatic rings. The minimum absolute atomic E-state index is 0.0415. The second-order valence-electron chi connectivity index (χ2n) is 5.26. The average Bonchev–Trinajstić information content (AvgIpc) is 2.97. The fraction of sp³-hybridized carbons (Fsp3) is 0.235. The van der Waals surface area contributed by atoms with Crippen LogP contribution in [0, 0.1) is 6.92 Å². The summed E-state index contributed by atoms with van der Waals surface area (Å²) >= 11 is 13.9. The Morgan fingerprint density at radius 3 is 2.59 bits per heavy atom. The zero-order valence-corrected chi connectivity index (χ0v) is 14.4. The van der Waals surface area contributed by atoms with Gasteiger partial charge in [-0.05, 0) is 30.7 Å². The molecule has 1 saturated heterocycles. The van der Waals surface area contributed by atoms with Crippen LogP contribution in [-0.2, 0) is 0 Å². The standard InChI is InChI=1S/C17H15Cl2NOS/c1-11-2-4-12(5-3-11)17-20(8-9-22-17)16(21)14-7-6-13(18)10-15(14)19/h2-7,10,17H,8-9H2,1H3. The maximum absolute atomic E-state index is 12.8. The minimum atomic E-state index is -0.0442. The van der Waals surface area contributed by atoms with Crippen LogP contribution in [0.1, 0.15) is 26.9 Å². The van der Waals surface area contributed by atoms with Crippen molar-refractivity contribution in [2.75, 3.05) is 12.3 Å². The number of amides is 1. The molecule has 3 rings (SSSR count). The quantitative estimate of drug-likeness (QED) is 0.741. The first-order valence-corrected chi connectivity index (χ1v) is 8.81. The van der Waals surface area contributed by atoms with E-state index < -0.39 is 0 Å². The fourth-order valence-corrected chi connectivity index (χ4v) is 4.25. The van der Waals surface area contributed by atoms with Gasteiger partial charge in [0.05, 0.1) is 10.6 Å². The highest BCUT2D eigenvalue weighted by Crippen LogP contribution is 2.39. The summed E-state index contributed by atoms with van der Waals surface area (Å²) in [5.74, 6) is 0.882. The van der Waals surface area contributed by atoms with Gasteiger partial charge in [0, 0.05) is 17.3 Å². The molecule has 1 fully saturated rings. The van der Waals surface area contributed by atoms with Gasteiger partial charge in [0.15, 0.2) is 0 Å². The van der Waals surface area contributed by atoms with Crippen molar-refractivity contribution in [3.63, 3.8) is 0 Å². The first-order valence-electron chi connectivity index (χ1n) is 7.00. The van der Waals surface area contributed by atoms with E-state index in [9.17, 15) is 4.79 Å². The molecule has 1 atom stereocenters. The molecule has 0 saturated carbocycles. The second kappa shape index (κ2) is 6.53. The van der Waals surface area contributed by atoms with E-state index in [4.69, 9.17) is 23.2 Å². The minimum Gasteiger partial charge on any atom is -0.322 e. The zero-order chi connectivity index (χ0) is 15.7. The van der Waals surface area contributed by atoms with E-state index in [1.165, 1.54) is 5.56 Å². The summed E-state index contributed by atoms with van der Waals surface area (Å²) in [6.45, 7) is 2.78. The lowest BCUT2D eigenvalue weighted by atomic mass is 10.1. The lowest BCUT2D eigenvalue weighted by molar-refractivity contribution is 0.0760. The van der Waals surface area contributed by atoms with Gasteiger partial charge in [0.2, 0.25) is 0 Å². The molecule has 1 unspecified atom stereocenters. The largest absolute Gasteiger partial charge is 0.322 e. The molecule has 1 heterocycles. The zero-order valence-electron chi connectivity index (χ0n) is 12.1. The van der Waals surface area contributed by atoms with Gasteiger partial charge in [-0.3, -0.25) is 4.79 Å². The maximum Gasteiger partial charge on any atom is 0.256 e. The molecule has 22 heavy (non-hydrogen) atoms. The lowest BCUT2D eigenvalue weighted by Crippen LogP contribution is -2.30. The third-order valence-electron chi connectivity index (χ3n) is 3.68. The number of hydrogen-bond acceptors (Lipinski definition) is 2. The Hall–Kier alpha value is -1.16. The molecule has 5 heteroatoms. The van der Waals surface area contributed by atoms with Crippen LogP contribution in [0.5, 0.6) is 0 Å². The van der Waals surface area contributed by atoms with Gasteiger partial charge in [0.25, 0.3) is 5.91 Å². The molecule has 1 amide bonds. The molecular formula is C17H15Cl2NOS. The van der Waals surface area contributed by atoms with Gasteiger partial charge in [-0.1, -0.05) is 53.0 Å². The number of rotatable bonds is 2.